The van der Waals surface area contributed by atoms with Crippen LogP contribution in [-0.2, 0) is 6.54 Å². The Balaban J connectivity index is 2.33. The van der Waals surface area contributed by atoms with Gasteiger partial charge in [-0.15, -0.1) is 0 Å². The van der Waals surface area contributed by atoms with E-state index in [2.05, 4.69) is 38.1 Å². The SMILES string of the molecule is CC(CNC(C)(C)C)Cn1cc(Cl)cn1. The maximum absolute atomic E-state index is 5.79. The van der Waals surface area contributed by atoms with Gasteiger partial charge in [0.2, 0.25) is 0 Å². The number of aromatic nitrogens is 2. The van der Waals surface area contributed by atoms with Crippen LogP contribution in [0.5, 0.6) is 0 Å². The molecule has 86 valence electrons. The highest BCUT2D eigenvalue weighted by molar-refractivity contribution is 6.30. The highest BCUT2D eigenvalue weighted by Crippen LogP contribution is 2.08. The van der Waals surface area contributed by atoms with Crippen LogP contribution in [0.2, 0.25) is 5.02 Å². The number of nitrogens with zero attached hydrogens (tertiary/aromatic N) is 2. The molecule has 0 aliphatic heterocycles. The fourth-order valence-corrected chi connectivity index (χ4v) is 1.46. The molecule has 1 atom stereocenters. The normalized spacial score (nSPS) is 14.2. The molecule has 0 saturated carbocycles. The van der Waals surface area contributed by atoms with Crippen molar-refractivity contribution in [2.75, 3.05) is 6.54 Å². The van der Waals surface area contributed by atoms with Gasteiger partial charge < -0.3 is 5.32 Å². The summed E-state index contributed by atoms with van der Waals surface area (Å²) in [6.45, 7) is 10.6. The largest absolute Gasteiger partial charge is 0.312 e. The van der Waals surface area contributed by atoms with Gasteiger partial charge in [0, 0.05) is 18.3 Å². The molecule has 0 aromatic carbocycles. The molecule has 1 unspecified atom stereocenters. The first-order chi connectivity index (χ1) is 6.87. The molecular formula is C11H20ClN3. The van der Waals surface area contributed by atoms with Crippen LogP contribution in [0.25, 0.3) is 0 Å². The van der Waals surface area contributed by atoms with Gasteiger partial charge in [0.25, 0.3) is 0 Å². The van der Waals surface area contributed by atoms with E-state index in [1.807, 2.05) is 10.9 Å². The lowest BCUT2D eigenvalue weighted by Gasteiger charge is -2.23. The lowest BCUT2D eigenvalue weighted by molar-refractivity contribution is 0.352. The lowest BCUT2D eigenvalue weighted by Crippen LogP contribution is -2.39. The molecular weight excluding hydrogens is 210 g/mol. The Morgan fingerprint density at radius 3 is 2.67 bits per heavy atom. The molecule has 0 bridgehead atoms. The van der Waals surface area contributed by atoms with Crippen molar-refractivity contribution >= 4 is 11.6 Å². The minimum atomic E-state index is 0.177. The Bertz CT molecular complexity index is 301. The zero-order valence-corrected chi connectivity index (χ0v) is 10.7. The molecule has 0 aliphatic rings. The number of rotatable bonds is 4. The van der Waals surface area contributed by atoms with Gasteiger partial charge in [0.15, 0.2) is 0 Å². The highest BCUT2D eigenvalue weighted by atomic mass is 35.5. The highest BCUT2D eigenvalue weighted by Gasteiger charge is 2.11. The van der Waals surface area contributed by atoms with Crippen molar-refractivity contribution < 1.29 is 0 Å². The van der Waals surface area contributed by atoms with Crippen molar-refractivity contribution in [1.29, 1.82) is 0 Å². The first kappa shape index (κ1) is 12.5. The maximum atomic E-state index is 5.79. The Morgan fingerprint density at radius 1 is 1.53 bits per heavy atom. The summed E-state index contributed by atoms with van der Waals surface area (Å²) < 4.78 is 1.89. The summed E-state index contributed by atoms with van der Waals surface area (Å²) in [7, 11) is 0. The number of hydrogen-bond donors (Lipinski definition) is 1. The van der Waals surface area contributed by atoms with E-state index in [0.717, 1.165) is 13.1 Å². The van der Waals surface area contributed by atoms with E-state index in [4.69, 9.17) is 11.6 Å². The Morgan fingerprint density at radius 2 is 2.20 bits per heavy atom. The molecule has 1 heterocycles. The van der Waals surface area contributed by atoms with Crippen LogP contribution in [0.4, 0.5) is 0 Å². The van der Waals surface area contributed by atoms with E-state index in [1.54, 1.807) is 6.20 Å². The van der Waals surface area contributed by atoms with Crippen LogP contribution in [-0.4, -0.2) is 21.9 Å². The van der Waals surface area contributed by atoms with Gasteiger partial charge >= 0.3 is 0 Å². The quantitative estimate of drug-likeness (QED) is 0.860. The van der Waals surface area contributed by atoms with Crippen LogP contribution in [0.3, 0.4) is 0 Å². The standard InChI is InChI=1S/C11H20ClN3/c1-9(5-13-11(2,3)4)7-15-8-10(12)6-14-15/h6,8-9,13H,5,7H2,1-4H3. The van der Waals surface area contributed by atoms with Gasteiger partial charge in [0.1, 0.15) is 0 Å². The van der Waals surface area contributed by atoms with Crippen LogP contribution < -0.4 is 5.32 Å². The smallest absolute Gasteiger partial charge is 0.0785 e. The van der Waals surface area contributed by atoms with Crippen molar-refractivity contribution in [3.63, 3.8) is 0 Å². The van der Waals surface area contributed by atoms with E-state index in [0.29, 0.717) is 10.9 Å². The van der Waals surface area contributed by atoms with Gasteiger partial charge in [-0.3, -0.25) is 4.68 Å². The molecule has 0 aliphatic carbocycles. The van der Waals surface area contributed by atoms with Crippen molar-refractivity contribution in [3.8, 4) is 0 Å². The van der Waals surface area contributed by atoms with Crippen LogP contribution in [0, 0.1) is 5.92 Å². The van der Waals surface area contributed by atoms with Crippen molar-refractivity contribution in [2.45, 2.75) is 39.8 Å². The molecule has 1 N–H and O–H groups in total. The molecule has 15 heavy (non-hydrogen) atoms. The predicted octanol–water partition coefficient (Wildman–Crippen LogP) is 2.56. The summed E-state index contributed by atoms with van der Waals surface area (Å²) in [5.74, 6) is 0.542. The van der Waals surface area contributed by atoms with Gasteiger partial charge in [-0.25, -0.2) is 0 Å². The van der Waals surface area contributed by atoms with Crippen molar-refractivity contribution in [3.05, 3.63) is 17.4 Å². The first-order valence-electron chi connectivity index (χ1n) is 5.30. The van der Waals surface area contributed by atoms with Crippen LogP contribution >= 0.6 is 11.6 Å². The monoisotopic (exact) mass is 229 g/mol. The number of halogens is 1. The van der Waals surface area contributed by atoms with E-state index in [9.17, 15) is 0 Å². The Kier molecular flexibility index (Phi) is 4.17. The molecule has 0 amide bonds. The third kappa shape index (κ3) is 5.19. The van der Waals surface area contributed by atoms with E-state index in [1.165, 1.54) is 0 Å². The molecule has 0 fully saturated rings. The fraction of sp³-hybridized carbons (Fsp3) is 0.727. The minimum Gasteiger partial charge on any atom is -0.312 e. The minimum absolute atomic E-state index is 0.177. The summed E-state index contributed by atoms with van der Waals surface area (Å²) in [6, 6.07) is 0. The second kappa shape index (κ2) is 4.99. The lowest BCUT2D eigenvalue weighted by atomic mass is 10.1. The summed E-state index contributed by atoms with van der Waals surface area (Å²) in [6.07, 6.45) is 3.53. The third-order valence-corrected chi connectivity index (χ3v) is 2.28. The average Bonchev–Trinajstić information content (AvgIpc) is 2.47. The topological polar surface area (TPSA) is 29.9 Å². The summed E-state index contributed by atoms with van der Waals surface area (Å²) in [5.41, 5.74) is 0.177. The summed E-state index contributed by atoms with van der Waals surface area (Å²) in [4.78, 5) is 0. The number of nitrogens with one attached hydrogen (secondary N) is 1. The van der Waals surface area contributed by atoms with Crippen molar-refractivity contribution in [2.24, 2.45) is 5.92 Å². The van der Waals surface area contributed by atoms with E-state index >= 15 is 0 Å². The predicted molar refractivity (Wildman–Crippen MR) is 64.2 cm³/mol. The van der Waals surface area contributed by atoms with Gasteiger partial charge in [0.05, 0.1) is 11.2 Å². The molecule has 3 nitrogen and oxygen atoms in total. The van der Waals surface area contributed by atoms with Crippen LogP contribution in [0.15, 0.2) is 12.4 Å². The van der Waals surface area contributed by atoms with E-state index < -0.39 is 0 Å². The van der Waals surface area contributed by atoms with Crippen molar-refractivity contribution in [1.82, 2.24) is 15.1 Å². The molecule has 1 rings (SSSR count). The summed E-state index contributed by atoms with van der Waals surface area (Å²) >= 11 is 5.79. The van der Waals surface area contributed by atoms with E-state index in [-0.39, 0.29) is 5.54 Å². The second-order valence-electron chi connectivity index (χ2n) is 5.12. The molecule has 0 saturated heterocycles. The zero-order chi connectivity index (χ0) is 11.5. The molecule has 0 spiro atoms. The summed E-state index contributed by atoms with van der Waals surface area (Å²) in [5, 5.41) is 8.33. The number of hydrogen-bond acceptors (Lipinski definition) is 2. The Labute approximate surface area is 96.8 Å². The van der Waals surface area contributed by atoms with Crippen LogP contribution in [0.1, 0.15) is 27.7 Å². The van der Waals surface area contributed by atoms with Gasteiger partial charge in [-0.2, -0.15) is 5.10 Å². The molecule has 0 radical (unpaired) electrons. The third-order valence-electron chi connectivity index (χ3n) is 2.08. The molecule has 1 aromatic heterocycles. The first-order valence-corrected chi connectivity index (χ1v) is 5.67. The van der Waals surface area contributed by atoms with Gasteiger partial charge in [-0.05, 0) is 33.2 Å². The Hall–Kier alpha value is -0.540. The fourth-order valence-electron chi connectivity index (χ4n) is 1.30. The second-order valence-corrected chi connectivity index (χ2v) is 5.55. The average molecular weight is 230 g/mol. The zero-order valence-electron chi connectivity index (χ0n) is 9.92. The molecule has 1 aromatic rings. The molecule has 4 heteroatoms. The van der Waals surface area contributed by atoms with Gasteiger partial charge in [-0.1, -0.05) is 18.5 Å². The maximum Gasteiger partial charge on any atom is 0.0785 e.